The fourth-order valence-electron chi connectivity index (χ4n) is 4.92. The van der Waals surface area contributed by atoms with Gasteiger partial charge in [0.05, 0.1) is 18.4 Å². The number of hydrogen-bond donors (Lipinski definition) is 2. The number of aromatic amines is 1. The van der Waals surface area contributed by atoms with Gasteiger partial charge in [-0.25, -0.2) is 4.98 Å². The van der Waals surface area contributed by atoms with Gasteiger partial charge in [-0.05, 0) is 50.2 Å². The molecule has 1 unspecified atom stereocenters. The number of aromatic nitrogens is 3. The van der Waals surface area contributed by atoms with Gasteiger partial charge in [0.2, 0.25) is 0 Å². The summed E-state index contributed by atoms with van der Waals surface area (Å²) in [5, 5.41) is 8.28. The van der Waals surface area contributed by atoms with Crippen molar-refractivity contribution in [2.24, 2.45) is 0 Å². The smallest absolute Gasteiger partial charge is 0.263 e. The summed E-state index contributed by atoms with van der Waals surface area (Å²) in [4.78, 5) is 24.1. The van der Waals surface area contributed by atoms with Gasteiger partial charge in [-0.2, -0.15) is 0 Å². The van der Waals surface area contributed by atoms with E-state index in [1.165, 1.54) is 34.6 Å². The molecule has 0 saturated carbocycles. The Kier molecular flexibility index (Phi) is 6.85. The summed E-state index contributed by atoms with van der Waals surface area (Å²) in [6, 6.07) is 0.103. The van der Waals surface area contributed by atoms with Crippen molar-refractivity contribution >= 4 is 28.5 Å². The van der Waals surface area contributed by atoms with Gasteiger partial charge in [0.25, 0.3) is 5.91 Å². The summed E-state index contributed by atoms with van der Waals surface area (Å²) in [6.07, 6.45) is 16.6. The summed E-state index contributed by atoms with van der Waals surface area (Å²) in [6.45, 7) is 5.72. The first-order valence-electron chi connectivity index (χ1n) is 12.4. The molecule has 0 saturated heterocycles. The Morgan fingerprint density at radius 3 is 3.18 bits per heavy atom. The normalized spacial score (nSPS) is 16.1. The maximum atomic E-state index is 13.2. The molecule has 2 aliphatic rings. The highest BCUT2D eigenvalue weighted by molar-refractivity contribution is 7.17. The van der Waals surface area contributed by atoms with Crippen LogP contribution in [0.3, 0.4) is 0 Å². The summed E-state index contributed by atoms with van der Waals surface area (Å²) >= 11 is 1.46. The van der Waals surface area contributed by atoms with Gasteiger partial charge < -0.3 is 19.7 Å². The highest BCUT2D eigenvalue weighted by atomic mass is 32.1. The molecule has 0 aromatic carbocycles. The fraction of sp³-hybridized carbons (Fsp3) is 0.500. The van der Waals surface area contributed by atoms with Gasteiger partial charge >= 0.3 is 0 Å². The standard InChI is InChI=1S/C26H33N5O2S/c1-3-4-8-19(13-18-14-27-22-10-7-5-6-9-20(18)22)29-25(32)24-15-28-26(34-24)31-12-11-23-21(16-31)17(2)30-33-23/h6,9,14-15,19,27H,3-5,7-8,10-13,16H2,1-2H3,(H,29,32). The quantitative estimate of drug-likeness (QED) is 0.463. The van der Waals surface area contributed by atoms with Crippen molar-refractivity contribution in [3.63, 3.8) is 0 Å². The molecule has 0 spiro atoms. The van der Waals surface area contributed by atoms with E-state index in [9.17, 15) is 4.79 Å². The van der Waals surface area contributed by atoms with Crippen molar-refractivity contribution in [2.75, 3.05) is 11.4 Å². The number of H-pyrrole nitrogens is 1. The Morgan fingerprint density at radius 2 is 2.29 bits per heavy atom. The van der Waals surface area contributed by atoms with E-state index < -0.39 is 0 Å². The zero-order valence-electron chi connectivity index (χ0n) is 20.0. The molecule has 1 aliphatic carbocycles. The van der Waals surface area contributed by atoms with Crippen molar-refractivity contribution in [3.8, 4) is 0 Å². The lowest BCUT2D eigenvalue weighted by molar-refractivity contribution is 0.0938. The molecule has 180 valence electrons. The van der Waals surface area contributed by atoms with Gasteiger partial charge in [-0.1, -0.05) is 48.4 Å². The number of amides is 1. The molecule has 0 radical (unpaired) electrons. The molecule has 1 atom stereocenters. The van der Waals surface area contributed by atoms with E-state index in [4.69, 9.17) is 4.52 Å². The van der Waals surface area contributed by atoms with E-state index in [-0.39, 0.29) is 11.9 Å². The second kappa shape index (κ2) is 10.2. The molecular weight excluding hydrogens is 446 g/mol. The molecule has 0 fully saturated rings. The molecule has 7 nitrogen and oxygen atoms in total. The van der Waals surface area contributed by atoms with E-state index in [1.54, 1.807) is 6.20 Å². The number of nitrogens with one attached hydrogen (secondary N) is 2. The zero-order valence-corrected chi connectivity index (χ0v) is 20.8. The summed E-state index contributed by atoms with van der Waals surface area (Å²) in [5.74, 6) is 0.945. The maximum absolute atomic E-state index is 13.2. The molecule has 8 heteroatoms. The molecule has 3 aromatic rings. The number of carbonyl (C=O) groups excluding carboxylic acids is 1. The topological polar surface area (TPSA) is 87.0 Å². The number of aryl methyl sites for hydroxylation is 2. The van der Waals surface area contributed by atoms with E-state index in [0.717, 1.165) is 80.2 Å². The summed E-state index contributed by atoms with van der Waals surface area (Å²) in [7, 11) is 0. The third-order valence-electron chi connectivity index (χ3n) is 6.89. The predicted molar refractivity (Wildman–Crippen MR) is 135 cm³/mol. The van der Waals surface area contributed by atoms with Gasteiger partial charge in [-0.3, -0.25) is 4.79 Å². The first-order valence-corrected chi connectivity index (χ1v) is 13.2. The lowest BCUT2D eigenvalue weighted by Crippen LogP contribution is -2.36. The van der Waals surface area contributed by atoms with Crippen LogP contribution in [0.1, 0.15) is 82.5 Å². The van der Waals surface area contributed by atoms with E-state index in [2.05, 4.69) is 50.6 Å². The Balaban J connectivity index is 1.27. The number of anilines is 1. The number of carbonyl (C=O) groups is 1. The van der Waals surface area contributed by atoms with Gasteiger partial charge in [-0.15, -0.1) is 0 Å². The van der Waals surface area contributed by atoms with Crippen LogP contribution in [0.25, 0.3) is 6.08 Å². The molecule has 4 heterocycles. The SMILES string of the molecule is CCCCC(Cc1c[nH]c2c1C=CCCC2)NC(=O)c1cnc(N2CCc3onc(C)c3C2)s1. The number of thiazole rings is 1. The van der Waals surface area contributed by atoms with E-state index in [1.807, 2.05) is 6.92 Å². The molecule has 1 aliphatic heterocycles. The molecule has 3 aromatic heterocycles. The lowest BCUT2D eigenvalue weighted by Gasteiger charge is -2.25. The maximum Gasteiger partial charge on any atom is 0.263 e. The first-order chi connectivity index (χ1) is 16.6. The van der Waals surface area contributed by atoms with Crippen LogP contribution >= 0.6 is 11.3 Å². The minimum absolute atomic E-state index is 0.0270. The second-order valence-electron chi connectivity index (χ2n) is 9.37. The number of hydrogen-bond acceptors (Lipinski definition) is 6. The summed E-state index contributed by atoms with van der Waals surface area (Å²) < 4.78 is 5.41. The van der Waals surface area contributed by atoms with Gasteiger partial charge in [0, 0.05) is 36.5 Å². The highest BCUT2D eigenvalue weighted by Crippen LogP contribution is 2.30. The monoisotopic (exact) mass is 479 g/mol. The number of allylic oxidation sites excluding steroid dienone is 1. The molecular formula is C26H33N5O2S. The van der Waals surface area contributed by atoms with Crippen LogP contribution in [-0.4, -0.2) is 33.6 Å². The molecule has 5 rings (SSSR count). The van der Waals surface area contributed by atoms with Crippen molar-refractivity contribution in [3.05, 3.63) is 57.2 Å². The largest absolute Gasteiger partial charge is 0.364 e. The Labute approximate surface area is 204 Å². The van der Waals surface area contributed by atoms with Crippen LogP contribution in [0.4, 0.5) is 5.13 Å². The summed E-state index contributed by atoms with van der Waals surface area (Å²) in [5.41, 5.74) is 6.02. The zero-order chi connectivity index (χ0) is 23.5. The number of unbranched alkanes of at least 4 members (excludes halogenated alkanes) is 1. The molecule has 1 amide bonds. The van der Waals surface area contributed by atoms with E-state index in [0.29, 0.717) is 4.88 Å². The van der Waals surface area contributed by atoms with Crippen molar-refractivity contribution < 1.29 is 9.32 Å². The number of nitrogens with zero attached hydrogens (tertiary/aromatic N) is 3. The fourth-order valence-corrected chi connectivity index (χ4v) is 5.77. The average molecular weight is 480 g/mol. The first kappa shape index (κ1) is 22.9. The van der Waals surface area contributed by atoms with Crippen LogP contribution in [0, 0.1) is 6.92 Å². The van der Waals surface area contributed by atoms with E-state index >= 15 is 0 Å². The Bertz CT molecular complexity index is 1170. The minimum Gasteiger partial charge on any atom is -0.364 e. The molecule has 34 heavy (non-hydrogen) atoms. The number of rotatable bonds is 8. The number of fused-ring (bicyclic) bond motifs is 2. The van der Waals surface area contributed by atoms with Gasteiger partial charge in [0.1, 0.15) is 10.6 Å². The molecule has 2 N–H and O–H groups in total. The minimum atomic E-state index is -0.0270. The lowest BCUT2D eigenvalue weighted by atomic mass is 9.98. The van der Waals surface area contributed by atoms with Crippen LogP contribution in [0.2, 0.25) is 0 Å². The third-order valence-corrected chi connectivity index (χ3v) is 7.95. The Hall–Kier alpha value is -2.87. The van der Waals surface area contributed by atoms with Gasteiger partial charge in [0.15, 0.2) is 5.13 Å². The van der Waals surface area contributed by atoms with Crippen LogP contribution in [0.5, 0.6) is 0 Å². The third kappa shape index (κ3) is 4.82. The van der Waals surface area contributed by atoms with Crippen LogP contribution < -0.4 is 10.2 Å². The van der Waals surface area contributed by atoms with Crippen molar-refractivity contribution in [1.29, 1.82) is 0 Å². The Morgan fingerprint density at radius 1 is 1.38 bits per heavy atom. The van der Waals surface area contributed by atoms with Crippen LogP contribution in [0.15, 0.2) is 23.0 Å². The second-order valence-corrected chi connectivity index (χ2v) is 10.4. The highest BCUT2D eigenvalue weighted by Gasteiger charge is 2.25. The average Bonchev–Trinajstić information content (AvgIpc) is 3.53. The van der Waals surface area contributed by atoms with Crippen molar-refractivity contribution in [1.82, 2.24) is 20.4 Å². The van der Waals surface area contributed by atoms with Crippen molar-refractivity contribution in [2.45, 2.75) is 77.8 Å². The predicted octanol–water partition coefficient (Wildman–Crippen LogP) is 5.21. The molecule has 0 bridgehead atoms. The van der Waals surface area contributed by atoms with Crippen LogP contribution in [-0.2, 0) is 25.8 Å².